The highest BCUT2D eigenvalue weighted by atomic mass is 32.2. The summed E-state index contributed by atoms with van der Waals surface area (Å²) in [6.45, 7) is 0.916. The molecule has 20 heavy (non-hydrogen) atoms. The molecule has 0 spiro atoms. The third-order valence-corrected chi connectivity index (χ3v) is 5.89. The molecule has 3 rings (SSSR count). The fraction of sp³-hybridized carbons (Fsp3) is 0.667. The van der Waals surface area contributed by atoms with E-state index in [0.29, 0.717) is 31.3 Å². The van der Waals surface area contributed by atoms with E-state index in [1.165, 1.54) is 11.4 Å². The van der Waals surface area contributed by atoms with Crippen LogP contribution in [0.15, 0.2) is 12.1 Å². The van der Waals surface area contributed by atoms with Crippen molar-refractivity contribution in [3.63, 3.8) is 0 Å². The van der Waals surface area contributed by atoms with Crippen molar-refractivity contribution in [2.24, 2.45) is 0 Å². The number of sulfonamides is 1. The molecule has 110 valence electrons. The molecule has 7 nitrogen and oxygen atoms in total. The van der Waals surface area contributed by atoms with Crippen LogP contribution in [0, 0.1) is 0 Å². The molecule has 1 atom stereocenters. The highest BCUT2D eigenvalue weighted by Gasteiger charge is 2.43. The van der Waals surface area contributed by atoms with Crippen molar-refractivity contribution in [2.75, 3.05) is 20.2 Å². The van der Waals surface area contributed by atoms with Crippen molar-refractivity contribution in [2.45, 2.75) is 30.6 Å². The third-order valence-electron chi connectivity index (χ3n) is 3.53. The van der Waals surface area contributed by atoms with E-state index in [1.54, 1.807) is 12.1 Å². The van der Waals surface area contributed by atoms with Crippen molar-refractivity contribution < 1.29 is 17.9 Å². The Balaban J connectivity index is 1.59. The van der Waals surface area contributed by atoms with Gasteiger partial charge in [0.15, 0.2) is 0 Å². The van der Waals surface area contributed by atoms with Crippen LogP contribution in [0.4, 0.5) is 0 Å². The Morgan fingerprint density at radius 1 is 1.20 bits per heavy atom. The summed E-state index contributed by atoms with van der Waals surface area (Å²) in [6, 6.07) is 3.33. The maximum Gasteiger partial charge on any atom is 0.233 e. The molecule has 0 amide bonds. The van der Waals surface area contributed by atoms with Gasteiger partial charge in [0.2, 0.25) is 21.8 Å². The van der Waals surface area contributed by atoms with Crippen molar-refractivity contribution in [3.05, 3.63) is 12.1 Å². The lowest BCUT2D eigenvalue weighted by atomic mass is 10.3. The van der Waals surface area contributed by atoms with Crippen molar-refractivity contribution >= 4 is 10.0 Å². The summed E-state index contributed by atoms with van der Waals surface area (Å²) in [7, 11) is -1.59. The Kier molecular flexibility index (Phi) is 3.51. The van der Waals surface area contributed by atoms with E-state index < -0.39 is 10.0 Å². The van der Waals surface area contributed by atoms with Crippen LogP contribution in [0.1, 0.15) is 19.3 Å². The summed E-state index contributed by atoms with van der Waals surface area (Å²) < 4.78 is 36.3. The zero-order chi connectivity index (χ0) is 14.2. The van der Waals surface area contributed by atoms with Gasteiger partial charge in [-0.1, -0.05) is 0 Å². The fourth-order valence-electron chi connectivity index (χ4n) is 2.25. The number of ether oxygens (including phenoxy) is 2. The minimum Gasteiger partial charge on any atom is -0.480 e. The number of hydrogen-bond donors (Lipinski definition) is 0. The second-order valence-corrected chi connectivity index (χ2v) is 7.26. The molecule has 2 heterocycles. The van der Waals surface area contributed by atoms with Gasteiger partial charge in [0.25, 0.3) is 0 Å². The molecular weight excluding hydrogens is 282 g/mol. The highest BCUT2D eigenvalue weighted by molar-refractivity contribution is 7.90. The average Bonchev–Trinajstić information content (AvgIpc) is 3.21. The van der Waals surface area contributed by atoms with Gasteiger partial charge in [0, 0.05) is 18.7 Å². The zero-order valence-corrected chi connectivity index (χ0v) is 12.0. The van der Waals surface area contributed by atoms with Crippen molar-refractivity contribution in [1.29, 1.82) is 0 Å². The van der Waals surface area contributed by atoms with E-state index in [1.807, 2.05) is 0 Å². The predicted molar refractivity (Wildman–Crippen MR) is 71.1 cm³/mol. The molecule has 0 radical (unpaired) electrons. The quantitative estimate of drug-likeness (QED) is 0.784. The normalized spacial score (nSPS) is 23.8. The molecule has 1 saturated heterocycles. The molecular formula is C12H17N3O4S. The van der Waals surface area contributed by atoms with E-state index >= 15 is 0 Å². The van der Waals surface area contributed by atoms with Gasteiger partial charge in [-0.15, -0.1) is 10.2 Å². The van der Waals surface area contributed by atoms with E-state index in [4.69, 9.17) is 9.47 Å². The van der Waals surface area contributed by atoms with Gasteiger partial charge in [-0.2, -0.15) is 4.31 Å². The molecule has 1 aromatic rings. The number of hydrogen-bond acceptors (Lipinski definition) is 6. The molecule has 0 bridgehead atoms. The van der Waals surface area contributed by atoms with Crippen LogP contribution in [-0.4, -0.2) is 54.5 Å². The summed E-state index contributed by atoms with van der Waals surface area (Å²) in [5.74, 6) is 0.808. The number of methoxy groups -OCH3 is 1. The monoisotopic (exact) mass is 299 g/mol. The van der Waals surface area contributed by atoms with Crippen LogP contribution in [0.25, 0.3) is 0 Å². The molecule has 8 heteroatoms. The lowest BCUT2D eigenvalue weighted by Gasteiger charge is -2.16. The second kappa shape index (κ2) is 5.17. The number of aromatic nitrogens is 2. The van der Waals surface area contributed by atoms with Crippen LogP contribution in [-0.2, 0) is 10.0 Å². The Labute approximate surface area is 117 Å². The van der Waals surface area contributed by atoms with Crippen LogP contribution in [0.2, 0.25) is 0 Å². The molecule has 2 fully saturated rings. The maximum atomic E-state index is 12.1. The summed E-state index contributed by atoms with van der Waals surface area (Å²) in [5, 5.41) is 7.53. The maximum absolute atomic E-state index is 12.1. The largest absolute Gasteiger partial charge is 0.480 e. The SMILES string of the molecule is COc1ccc(OC2CCN(S(=O)(=O)C3CC3)C2)nn1. The summed E-state index contributed by atoms with van der Waals surface area (Å²) in [6.07, 6.45) is 2.09. The third kappa shape index (κ3) is 2.71. The first-order valence-electron chi connectivity index (χ1n) is 6.63. The van der Waals surface area contributed by atoms with E-state index in [0.717, 1.165) is 12.8 Å². The lowest BCUT2D eigenvalue weighted by Crippen LogP contribution is -2.33. The number of rotatable bonds is 5. The van der Waals surface area contributed by atoms with Gasteiger partial charge < -0.3 is 9.47 Å². The van der Waals surface area contributed by atoms with Crippen LogP contribution >= 0.6 is 0 Å². The predicted octanol–water partition coefficient (Wildman–Crippen LogP) is 0.430. The minimum atomic E-state index is -3.10. The highest BCUT2D eigenvalue weighted by Crippen LogP contribution is 2.33. The molecule has 1 aliphatic carbocycles. The van der Waals surface area contributed by atoms with Crippen LogP contribution in [0.5, 0.6) is 11.8 Å². The standard InChI is InChI=1S/C12H17N3O4S/c1-18-11-4-5-12(14-13-11)19-9-6-7-15(8-9)20(16,17)10-2-3-10/h4-5,9-10H,2-3,6-8H2,1H3. The summed E-state index contributed by atoms with van der Waals surface area (Å²) in [4.78, 5) is 0. The summed E-state index contributed by atoms with van der Waals surface area (Å²) in [5.41, 5.74) is 0. The first-order valence-corrected chi connectivity index (χ1v) is 8.13. The Hall–Kier alpha value is -1.41. The smallest absolute Gasteiger partial charge is 0.233 e. The van der Waals surface area contributed by atoms with Crippen molar-refractivity contribution in [1.82, 2.24) is 14.5 Å². The Morgan fingerprint density at radius 2 is 1.90 bits per heavy atom. The van der Waals surface area contributed by atoms with Gasteiger partial charge in [-0.25, -0.2) is 8.42 Å². The van der Waals surface area contributed by atoms with E-state index in [-0.39, 0.29) is 11.4 Å². The molecule has 0 aromatic carbocycles. The average molecular weight is 299 g/mol. The first kappa shape index (κ1) is 13.6. The minimum absolute atomic E-state index is 0.161. The lowest BCUT2D eigenvalue weighted by molar-refractivity contribution is 0.203. The van der Waals surface area contributed by atoms with Gasteiger partial charge in [0.1, 0.15) is 6.10 Å². The van der Waals surface area contributed by atoms with E-state index in [2.05, 4.69) is 10.2 Å². The van der Waals surface area contributed by atoms with Gasteiger partial charge >= 0.3 is 0 Å². The Morgan fingerprint density at radius 3 is 2.50 bits per heavy atom. The van der Waals surface area contributed by atoms with Gasteiger partial charge in [-0.3, -0.25) is 0 Å². The van der Waals surface area contributed by atoms with Crippen LogP contribution < -0.4 is 9.47 Å². The molecule has 1 aliphatic heterocycles. The van der Waals surface area contributed by atoms with Gasteiger partial charge in [-0.05, 0) is 19.3 Å². The molecule has 1 saturated carbocycles. The molecule has 1 aromatic heterocycles. The zero-order valence-electron chi connectivity index (χ0n) is 11.2. The fourth-order valence-corrected chi connectivity index (χ4v) is 4.14. The van der Waals surface area contributed by atoms with E-state index in [9.17, 15) is 8.42 Å². The van der Waals surface area contributed by atoms with Crippen molar-refractivity contribution in [3.8, 4) is 11.8 Å². The second-order valence-electron chi connectivity index (χ2n) is 5.04. The van der Waals surface area contributed by atoms with Gasteiger partial charge in [0.05, 0.1) is 18.9 Å². The molecule has 1 unspecified atom stereocenters. The molecule has 0 N–H and O–H groups in total. The summed E-state index contributed by atoms with van der Waals surface area (Å²) >= 11 is 0. The molecule has 2 aliphatic rings. The topological polar surface area (TPSA) is 81.6 Å². The Bertz CT molecular complexity index is 571. The number of nitrogens with zero attached hydrogens (tertiary/aromatic N) is 3. The first-order chi connectivity index (χ1) is 9.59. The van der Waals surface area contributed by atoms with Crippen LogP contribution in [0.3, 0.4) is 0 Å².